The van der Waals surface area contributed by atoms with E-state index in [2.05, 4.69) is 41.9 Å². The lowest BCUT2D eigenvalue weighted by Crippen LogP contribution is -2.47. The van der Waals surface area contributed by atoms with Gasteiger partial charge in [-0.25, -0.2) is 17.5 Å². The number of nitrogens with zero attached hydrogens (tertiary/aromatic N) is 5. The second-order valence-electron chi connectivity index (χ2n) is 17.9. The Bertz CT molecular complexity index is 2800. The number of allylic oxidation sites excluding steroid dienone is 1. The van der Waals surface area contributed by atoms with Crippen LogP contribution in [0.1, 0.15) is 60.9 Å². The van der Waals surface area contributed by atoms with E-state index in [1.165, 1.54) is 42.0 Å². The van der Waals surface area contributed by atoms with Gasteiger partial charge in [-0.15, -0.1) is 0 Å². The molecule has 3 fully saturated rings. The van der Waals surface area contributed by atoms with E-state index >= 15 is 4.39 Å². The molecule has 0 radical (unpaired) electrons. The first-order valence-electron chi connectivity index (χ1n) is 22.2. The third-order valence-electron chi connectivity index (χ3n) is 13.8. The predicted molar refractivity (Wildman–Crippen MR) is 248 cm³/mol. The number of hydrogen-bond donors (Lipinski definition) is 3. The van der Waals surface area contributed by atoms with Crippen LogP contribution >= 0.6 is 11.6 Å². The summed E-state index contributed by atoms with van der Waals surface area (Å²) >= 11 is 6.26. The highest BCUT2D eigenvalue weighted by molar-refractivity contribution is 7.90. The normalized spacial score (nSPS) is 19.5. The van der Waals surface area contributed by atoms with Crippen molar-refractivity contribution in [2.24, 2.45) is 5.41 Å². The number of hydrogen-bond acceptors (Lipinski definition) is 12. The topological polar surface area (TPSA) is 175 Å². The molecule has 3 aliphatic heterocycles. The van der Waals surface area contributed by atoms with Crippen molar-refractivity contribution in [3.05, 3.63) is 111 Å². The highest BCUT2D eigenvalue weighted by atomic mass is 35.5. The maximum absolute atomic E-state index is 15.3. The molecule has 1 saturated carbocycles. The molecule has 0 atom stereocenters. The minimum Gasteiger partial charge on any atom is -0.474 e. The fraction of sp³-hybridized carbons (Fsp3) is 0.404. The molecule has 0 unspecified atom stereocenters. The van der Waals surface area contributed by atoms with Crippen molar-refractivity contribution in [3.8, 4) is 5.88 Å². The zero-order valence-corrected chi connectivity index (χ0v) is 37.4. The summed E-state index contributed by atoms with van der Waals surface area (Å²) in [4.78, 5) is 39.7. The molecule has 15 nitrogen and oxygen atoms in total. The highest BCUT2D eigenvalue weighted by Crippen LogP contribution is 2.58. The lowest BCUT2D eigenvalue weighted by atomic mass is 9.79. The number of nitro benzene ring substituents is 1. The number of fused-ring (bicyclic) bond motifs is 2. The summed E-state index contributed by atoms with van der Waals surface area (Å²) in [5, 5.41) is 16.5. The molecule has 0 bridgehead atoms. The molecule has 3 N–H and O–H groups in total. The largest absolute Gasteiger partial charge is 0.474 e. The van der Waals surface area contributed by atoms with Crippen LogP contribution in [0.2, 0.25) is 5.02 Å². The van der Waals surface area contributed by atoms with Gasteiger partial charge in [0.1, 0.15) is 29.3 Å². The number of H-pyrrole nitrogens is 1. The van der Waals surface area contributed by atoms with Crippen LogP contribution in [-0.4, -0.2) is 105 Å². The number of halogens is 2. The molecule has 1 spiro atoms. The molecular formula is C47H50ClFN8O7S. The van der Waals surface area contributed by atoms with Crippen molar-refractivity contribution in [1.29, 1.82) is 0 Å². The summed E-state index contributed by atoms with van der Waals surface area (Å²) in [6, 6.07) is 20.6. The van der Waals surface area contributed by atoms with Crippen LogP contribution in [0, 0.1) is 15.5 Å². The molecular weight excluding hydrogens is 875 g/mol. The van der Waals surface area contributed by atoms with Crippen LogP contribution < -0.4 is 24.6 Å². The van der Waals surface area contributed by atoms with Gasteiger partial charge in [0.15, 0.2) is 0 Å². The first-order chi connectivity index (χ1) is 31.3. The zero-order chi connectivity index (χ0) is 44.9. The van der Waals surface area contributed by atoms with Crippen molar-refractivity contribution in [3.63, 3.8) is 0 Å². The van der Waals surface area contributed by atoms with Gasteiger partial charge in [-0.05, 0) is 103 Å². The van der Waals surface area contributed by atoms with Gasteiger partial charge in [-0.3, -0.25) is 19.8 Å². The average Bonchev–Trinajstić information content (AvgIpc) is 3.89. The van der Waals surface area contributed by atoms with Crippen LogP contribution in [0.4, 0.5) is 32.8 Å². The standard InChI is InChI=1S/C47H50ClFN8O7S/c48-34-3-1-31(2-4-34)37-9-11-46(12-13-46)28-33(37)29-54-17-19-55(20-18-54)35-5-7-38(40(26-35)56-21-24-64-45-42(56)25-32-10-16-50-43(32)52-45)44(58)53-65(61,62)36-6-8-39(41(27-36)57(59)60)51-30-47(49)14-22-63-23-15-47/h1-8,10,16,25-27,51H,9,11-15,17-24,28-30H2,(H,50,52)(H,53,58). The average molecular weight is 925 g/mol. The number of nitrogens with one attached hydrogen (secondary N) is 3. The van der Waals surface area contributed by atoms with Crippen molar-refractivity contribution >= 4 is 72.6 Å². The van der Waals surface area contributed by atoms with E-state index < -0.39 is 37.1 Å². The van der Waals surface area contributed by atoms with Crippen LogP contribution in [0.5, 0.6) is 5.88 Å². The fourth-order valence-electron chi connectivity index (χ4n) is 9.78. The van der Waals surface area contributed by atoms with E-state index in [0.29, 0.717) is 34.9 Å². The first-order valence-corrected chi connectivity index (χ1v) is 24.0. The van der Waals surface area contributed by atoms with Gasteiger partial charge in [0, 0.05) is 93.7 Å². The number of alkyl halides is 1. The molecule has 2 aromatic heterocycles. The quantitative estimate of drug-likeness (QED) is 0.0809. The maximum atomic E-state index is 15.3. The SMILES string of the molecule is O=C(NS(=O)(=O)c1ccc(NCC2(F)CCOCC2)c([N+](=O)[O-])c1)c1ccc(N2CCN(CC3=C(c4ccc(Cl)cc4)CCC4(CC4)C3)CC2)cc1N1CCOc2nc3[nH]ccc3cc21. The number of ether oxygens (including phenoxy) is 2. The Kier molecular flexibility index (Phi) is 11.4. The van der Waals surface area contributed by atoms with Gasteiger partial charge in [0.2, 0.25) is 5.88 Å². The number of nitro groups is 1. The van der Waals surface area contributed by atoms with Crippen LogP contribution in [-0.2, 0) is 14.8 Å². The number of amides is 1. The Labute approximate surface area is 381 Å². The van der Waals surface area contributed by atoms with E-state index in [4.69, 9.17) is 21.1 Å². The number of anilines is 4. The zero-order valence-electron chi connectivity index (χ0n) is 35.8. The summed E-state index contributed by atoms with van der Waals surface area (Å²) in [5.41, 5.74) is 5.09. The third-order valence-corrected chi connectivity index (χ3v) is 15.3. The number of piperazine rings is 1. The Balaban J connectivity index is 0.910. The molecule has 18 heteroatoms. The Morgan fingerprint density at radius 3 is 2.46 bits per heavy atom. The number of carbonyl (C=O) groups is 1. The highest BCUT2D eigenvalue weighted by Gasteiger charge is 2.45. The second-order valence-corrected chi connectivity index (χ2v) is 20.1. The van der Waals surface area contributed by atoms with E-state index in [-0.39, 0.29) is 50.5 Å². The number of pyridine rings is 1. The van der Waals surface area contributed by atoms with E-state index in [0.717, 1.165) is 73.8 Å². The maximum Gasteiger partial charge on any atom is 0.293 e. The smallest absolute Gasteiger partial charge is 0.293 e. The molecule has 5 heterocycles. The Morgan fingerprint density at radius 2 is 1.71 bits per heavy atom. The molecule has 3 aromatic carbocycles. The minimum atomic E-state index is -4.64. The molecule has 5 aliphatic rings. The third kappa shape index (κ3) is 8.98. The molecule has 5 aromatic rings. The summed E-state index contributed by atoms with van der Waals surface area (Å²) in [5.74, 6) is -0.557. The van der Waals surface area contributed by atoms with Gasteiger partial charge in [0.25, 0.3) is 21.6 Å². The van der Waals surface area contributed by atoms with Gasteiger partial charge in [0.05, 0.1) is 27.6 Å². The lowest BCUT2D eigenvalue weighted by molar-refractivity contribution is -0.384. The number of carbonyl (C=O) groups excluding carboxylic acids is 1. The summed E-state index contributed by atoms with van der Waals surface area (Å²) in [6.45, 7) is 4.91. The predicted octanol–water partition coefficient (Wildman–Crippen LogP) is 8.24. The molecule has 2 saturated heterocycles. The number of sulfonamides is 1. The summed E-state index contributed by atoms with van der Waals surface area (Å²) < 4.78 is 56.5. The second kappa shape index (κ2) is 17.2. The Hall–Kier alpha value is -5.75. The van der Waals surface area contributed by atoms with Crippen molar-refractivity contribution in [1.82, 2.24) is 19.6 Å². The van der Waals surface area contributed by atoms with Gasteiger partial charge >= 0.3 is 0 Å². The first kappa shape index (κ1) is 43.2. The van der Waals surface area contributed by atoms with Crippen molar-refractivity contribution in [2.75, 3.05) is 80.8 Å². The van der Waals surface area contributed by atoms with Crippen LogP contribution in [0.15, 0.2) is 89.5 Å². The van der Waals surface area contributed by atoms with Gasteiger partial charge in [-0.1, -0.05) is 29.3 Å². The molecule has 65 heavy (non-hydrogen) atoms. The Morgan fingerprint density at radius 1 is 0.923 bits per heavy atom. The van der Waals surface area contributed by atoms with Crippen LogP contribution in [0.3, 0.4) is 0 Å². The number of aromatic amines is 1. The molecule has 340 valence electrons. The van der Waals surface area contributed by atoms with Gasteiger partial charge < -0.3 is 29.6 Å². The summed E-state index contributed by atoms with van der Waals surface area (Å²) in [7, 11) is -4.64. The van der Waals surface area contributed by atoms with E-state index in [9.17, 15) is 23.3 Å². The summed E-state index contributed by atoms with van der Waals surface area (Å²) in [6.07, 6.45) is 8.08. The van der Waals surface area contributed by atoms with E-state index in [1.54, 1.807) is 12.3 Å². The molecule has 1 amide bonds. The van der Waals surface area contributed by atoms with E-state index in [1.807, 2.05) is 41.3 Å². The number of aromatic nitrogens is 2. The minimum absolute atomic E-state index is 0.0426. The van der Waals surface area contributed by atoms with Gasteiger partial charge in [-0.2, -0.15) is 4.98 Å². The molecule has 2 aliphatic carbocycles. The monoisotopic (exact) mass is 924 g/mol. The molecule has 10 rings (SSSR count). The van der Waals surface area contributed by atoms with Crippen molar-refractivity contribution in [2.45, 2.75) is 55.5 Å². The van der Waals surface area contributed by atoms with Crippen LogP contribution in [0.25, 0.3) is 16.6 Å². The number of rotatable bonds is 12. The fourth-order valence-corrected chi connectivity index (χ4v) is 10.9. The van der Waals surface area contributed by atoms with Crippen molar-refractivity contribution < 1.29 is 32.0 Å². The lowest BCUT2D eigenvalue weighted by Gasteiger charge is -2.39. The number of benzene rings is 3.